The molecule has 0 atom stereocenters. The van der Waals surface area contributed by atoms with Gasteiger partial charge in [0.15, 0.2) is 11.6 Å². The smallest absolute Gasteiger partial charge is 0.340 e. The molecule has 0 heterocycles. The van der Waals surface area contributed by atoms with E-state index in [1.54, 1.807) is 30.3 Å². The molecule has 0 radical (unpaired) electrons. The van der Waals surface area contributed by atoms with E-state index in [0.717, 1.165) is 0 Å². The lowest BCUT2D eigenvalue weighted by Crippen LogP contribution is -2.22. The quantitative estimate of drug-likeness (QED) is 0.476. The number of benzene rings is 3. The van der Waals surface area contributed by atoms with Crippen molar-refractivity contribution in [1.29, 1.82) is 0 Å². The predicted octanol–water partition coefficient (Wildman–Crippen LogP) is 4.61. The number of halogens is 2. The SMILES string of the molecule is O=C(OCc1cccc(F)c1)c1ccc2c(c1Cl)C(=O)c1ccccc1C2=O. The Bertz CT molecular complexity index is 1150. The van der Waals surface area contributed by atoms with E-state index in [1.165, 1.54) is 30.3 Å². The highest BCUT2D eigenvalue weighted by atomic mass is 35.5. The van der Waals surface area contributed by atoms with Gasteiger partial charge in [-0.3, -0.25) is 9.59 Å². The van der Waals surface area contributed by atoms with Crippen LogP contribution >= 0.6 is 11.6 Å². The van der Waals surface area contributed by atoms with Crippen LogP contribution in [0.1, 0.15) is 47.8 Å². The van der Waals surface area contributed by atoms with Gasteiger partial charge in [0, 0.05) is 16.7 Å². The number of carbonyl (C=O) groups excluding carboxylic acids is 3. The predicted molar refractivity (Wildman–Crippen MR) is 100 cm³/mol. The third-order valence-electron chi connectivity index (χ3n) is 4.51. The Labute approximate surface area is 164 Å². The van der Waals surface area contributed by atoms with Crippen LogP contribution in [0.4, 0.5) is 4.39 Å². The minimum absolute atomic E-state index is 0.00873. The van der Waals surface area contributed by atoms with Gasteiger partial charge in [0.1, 0.15) is 12.4 Å². The number of ketones is 2. The van der Waals surface area contributed by atoms with Crippen LogP contribution in [0.2, 0.25) is 5.02 Å². The molecule has 0 spiro atoms. The molecule has 0 aliphatic heterocycles. The molecule has 3 aromatic rings. The minimum Gasteiger partial charge on any atom is -0.457 e. The summed E-state index contributed by atoms with van der Waals surface area (Å²) < 4.78 is 18.4. The summed E-state index contributed by atoms with van der Waals surface area (Å²) in [6.45, 7) is -0.153. The second-order valence-electron chi connectivity index (χ2n) is 6.26. The topological polar surface area (TPSA) is 60.4 Å². The summed E-state index contributed by atoms with van der Waals surface area (Å²) in [7, 11) is 0. The Morgan fingerprint density at radius 1 is 0.893 bits per heavy atom. The second-order valence-corrected chi connectivity index (χ2v) is 6.64. The molecule has 1 aliphatic carbocycles. The van der Waals surface area contributed by atoms with Crippen molar-refractivity contribution in [1.82, 2.24) is 0 Å². The van der Waals surface area contributed by atoms with Crippen LogP contribution in [0.25, 0.3) is 0 Å². The summed E-state index contributed by atoms with van der Waals surface area (Å²) >= 11 is 6.32. The van der Waals surface area contributed by atoms with Crippen LogP contribution in [-0.4, -0.2) is 17.5 Å². The van der Waals surface area contributed by atoms with Crippen molar-refractivity contribution in [2.75, 3.05) is 0 Å². The molecule has 1 aliphatic rings. The highest BCUT2D eigenvalue weighted by Crippen LogP contribution is 2.34. The zero-order chi connectivity index (χ0) is 19.8. The van der Waals surface area contributed by atoms with Gasteiger partial charge in [-0.1, -0.05) is 48.0 Å². The monoisotopic (exact) mass is 394 g/mol. The third-order valence-corrected chi connectivity index (χ3v) is 4.90. The average Bonchev–Trinajstić information content (AvgIpc) is 2.70. The first kappa shape index (κ1) is 18.1. The number of carbonyl (C=O) groups is 3. The number of fused-ring (bicyclic) bond motifs is 2. The summed E-state index contributed by atoms with van der Waals surface area (Å²) in [5.74, 6) is -1.96. The summed E-state index contributed by atoms with van der Waals surface area (Å²) in [5, 5.41) is -0.130. The van der Waals surface area contributed by atoms with E-state index >= 15 is 0 Å². The standard InChI is InChI=1S/C22H12ClFO4/c23-19-17(22(27)28-11-12-4-3-5-13(24)10-12)9-8-16-18(19)21(26)15-7-2-1-6-14(15)20(16)25/h1-10H,11H2. The van der Waals surface area contributed by atoms with Crippen molar-refractivity contribution < 1.29 is 23.5 Å². The molecule has 0 amide bonds. The van der Waals surface area contributed by atoms with Gasteiger partial charge >= 0.3 is 5.97 Å². The molecule has 138 valence electrons. The maximum atomic E-state index is 13.2. The lowest BCUT2D eigenvalue weighted by molar-refractivity contribution is 0.0472. The van der Waals surface area contributed by atoms with Gasteiger partial charge in [-0.25, -0.2) is 9.18 Å². The van der Waals surface area contributed by atoms with Crippen LogP contribution < -0.4 is 0 Å². The number of hydrogen-bond donors (Lipinski definition) is 0. The van der Waals surface area contributed by atoms with E-state index in [0.29, 0.717) is 11.1 Å². The fourth-order valence-electron chi connectivity index (χ4n) is 3.16. The fourth-order valence-corrected chi connectivity index (χ4v) is 3.48. The first-order chi connectivity index (χ1) is 13.5. The number of hydrogen-bond acceptors (Lipinski definition) is 4. The third kappa shape index (κ3) is 3.00. The van der Waals surface area contributed by atoms with Gasteiger partial charge < -0.3 is 4.74 Å². The van der Waals surface area contributed by atoms with Gasteiger partial charge in [0.2, 0.25) is 0 Å². The number of ether oxygens (including phenoxy) is 1. The van der Waals surface area contributed by atoms with Crippen molar-refractivity contribution in [2.45, 2.75) is 6.61 Å². The fraction of sp³-hybridized carbons (Fsp3) is 0.0455. The molecule has 0 aromatic heterocycles. The molecule has 3 aromatic carbocycles. The highest BCUT2D eigenvalue weighted by molar-refractivity contribution is 6.41. The number of rotatable bonds is 3. The molecule has 4 nitrogen and oxygen atoms in total. The summed E-state index contributed by atoms with van der Waals surface area (Å²) in [6, 6.07) is 14.9. The van der Waals surface area contributed by atoms with E-state index in [4.69, 9.17) is 16.3 Å². The molecule has 0 unspecified atom stereocenters. The Balaban J connectivity index is 1.66. The van der Waals surface area contributed by atoms with E-state index < -0.39 is 17.6 Å². The molecule has 0 saturated heterocycles. The highest BCUT2D eigenvalue weighted by Gasteiger charge is 2.33. The Kier molecular flexibility index (Phi) is 4.53. The van der Waals surface area contributed by atoms with Gasteiger partial charge in [-0.15, -0.1) is 0 Å². The normalized spacial score (nSPS) is 12.4. The lowest BCUT2D eigenvalue weighted by Gasteiger charge is -2.19. The van der Waals surface area contributed by atoms with Gasteiger partial charge in [-0.2, -0.15) is 0 Å². The minimum atomic E-state index is -0.767. The van der Waals surface area contributed by atoms with Crippen LogP contribution in [0, 0.1) is 5.82 Å². The first-order valence-electron chi connectivity index (χ1n) is 8.40. The largest absolute Gasteiger partial charge is 0.457 e. The second kappa shape index (κ2) is 7.02. The van der Waals surface area contributed by atoms with Crippen molar-refractivity contribution in [2.24, 2.45) is 0 Å². The van der Waals surface area contributed by atoms with Crippen molar-refractivity contribution in [3.05, 3.63) is 105 Å². The van der Waals surface area contributed by atoms with Crippen LogP contribution in [-0.2, 0) is 11.3 Å². The summed E-state index contributed by atoms with van der Waals surface area (Å²) in [4.78, 5) is 37.9. The van der Waals surface area contributed by atoms with Crippen molar-refractivity contribution in [3.63, 3.8) is 0 Å². The maximum Gasteiger partial charge on any atom is 0.340 e. The molecular formula is C22H12ClFO4. The van der Waals surface area contributed by atoms with Crippen LogP contribution in [0.3, 0.4) is 0 Å². The van der Waals surface area contributed by atoms with E-state index in [2.05, 4.69) is 0 Å². The molecular weight excluding hydrogens is 383 g/mol. The molecule has 4 rings (SSSR count). The molecule has 28 heavy (non-hydrogen) atoms. The van der Waals surface area contributed by atoms with Crippen molar-refractivity contribution >= 4 is 29.1 Å². The van der Waals surface area contributed by atoms with E-state index in [-0.39, 0.29) is 39.7 Å². The maximum absolute atomic E-state index is 13.2. The van der Waals surface area contributed by atoms with E-state index in [9.17, 15) is 18.8 Å². The lowest BCUT2D eigenvalue weighted by atomic mass is 9.83. The number of esters is 1. The molecule has 6 heteroatoms. The first-order valence-corrected chi connectivity index (χ1v) is 8.77. The zero-order valence-electron chi connectivity index (χ0n) is 14.4. The Morgan fingerprint density at radius 3 is 2.32 bits per heavy atom. The molecule has 0 saturated carbocycles. The van der Waals surface area contributed by atoms with Gasteiger partial charge in [0.25, 0.3) is 0 Å². The molecule has 0 bridgehead atoms. The summed E-state index contributed by atoms with van der Waals surface area (Å²) in [6.07, 6.45) is 0. The van der Waals surface area contributed by atoms with E-state index in [1.807, 2.05) is 0 Å². The van der Waals surface area contributed by atoms with Crippen molar-refractivity contribution in [3.8, 4) is 0 Å². The molecule has 0 fully saturated rings. The van der Waals surface area contributed by atoms with Gasteiger partial charge in [0.05, 0.1) is 16.1 Å². The zero-order valence-corrected chi connectivity index (χ0v) is 15.1. The Morgan fingerprint density at radius 2 is 1.61 bits per heavy atom. The van der Waals surface area contributed by atoms with Crippen LogP contribution in [0.5, 0.6) is 0 Å². The van der Waals surface area contributed by atoms with Gasteiger partial charge in [-0.05, 0) is 29.8 Å². The Hall–Kier alpha value is -3.31. The summed E-state index contributed by atoms with van der Waals surface area (Å²) in [5.41, 5.74) is 1.13. The molecule has 0 N–H and O–H groups in total. The average molecular weight is 395 g/mol. The van der Waals surface area contributed by atoms with Crippen LogP contribution in [0.15, 0.2) is 60.7 Å².